The van der Waals surface area contributed by atoms with Crippen LogP contribution in [0.1, 0.15) is 103 Å². The van der Waals surface area contributed by atoms with E-state index in [1.807, 2.05) is 0 Å². The van der Waals surface area contributed by atoms with Crippen molar-refractivity contribution >= 4 is 18.4 Å². The number of aliphatic carboxylic acids is 1. The molecular formula is C18H37ClCrO3. The van der Waals surface area contributed by atoms with Gasteiger partial charge in [0.1, 0.15) is 0 Å². The SMILES string of the molecule is CCCCCCCCCCCCCCCCC(O)C(=O)O.Cl.[Cr]. The van der Waals surface area contributed by atoms with Gasteiger partial charge in [0.05, 0.1) is 0 Å². The van der Waals surface area contributed by atoms with E-state index >= 15 is 0 Å². The maximum Gasteiger partial charge on any atom is 0.332 e. The molecule has 1 atom stereocenters. The fourth-order valence-corrected chi connectivity index (χ4v) is 2.66. The molecule has 23 heavy (non-hydrogen) atoms. The quantitative estimate of drug-likeness (QED) is 0.332. The normalized spacial score (nSPS) is 11.4. The predicted octanol–water partition coefficient (Wildman–Crippen LogP) is 5.72. The summed E-state index contributed by atoms with van der Waals surface area (Å²) < 4.78 is 0. The fourth-order valence-electron chi connectivity index (χ4n) is 2.66. The molecule has 2 N–H and O–H groups in total. The van der Waals surface area contributed by atoms with Gasteiger partial charge in [-0.05, 0) is 6.42 Å². The first-order valence-electron chi connectivity index (χ1n) is 9.09. The molecule has 0 saturated heterocycles. The number of halogens is 1. The Morgan fingerprint density at radius 3 is 1.35 bits per heavy atom. The summed E-state index contributed by atoms with van der Waals surface area (Å²) in [5, 5.41) is 17.7. The predicted molar refractivity (Wildman–Crippen MR) is 95.8 cm³/mol. The number of carboxylic acids is 1. The van der Waals surface area contributed by atoms with Crippen LogP contribution in [0, 0.1) is 0 Å². The fraction of sp³-hybridized carbons (Fsp3) is 0.944. The molecule has 1 unspecified atom stereocenters. The van der Waals surface area contributed by atoms with Gasteiger partial charge in [-0.25, -0.2) is 4.79 Å². The topological polar surface area (TPSA) is 57.5 Å². The second-order valence-electron chi connectivity index (χ2n) is 6.24. The van der Waals surface area contributed by atoms with Crippen molar-refractivity contribution in [2.45, 2.75) is 109 Å². The van der Waals surface area contributed by atoms with Crippen LogP contribution in [0.3, 0.4) is 0 Å². The zero-order valence-corrected chi connectivity index (χ0v) is 16.9. The zero-order chi connectivity index (χ0) is 15.8. The first kappa shape index (κ1) is 28.1. The van der Waals surface area contributed by atoms with Crippen LogP contribution in [0.25, 0.3) is 0 Å². The third-order valence-electron chi connectivity index (χ3n) is 4.12. The van der Waals surface area contributed by atoms with Crippen LogP contribution in [0.4, 0.5) is 0 Å². The average Bonchev–Trinajstić information content (AvgIpc) is 2.47. The molecule has 0 amide bonds. The smallest absolute Gasteiger partial charge is 0.332 e. The van der Waals surface area contributed by atoms with Crippen molar-refractivity contribution in [3.8, 4) is 0 Å². The largest absolute Gasteiger partial charge is 0.479 e. The van der Waals surface area contributed by atoms with Gasteiger partial charge < -0.3 is 10.2 Å². The second-order valence-corrected chi connectivity index (χ2v) is 6.24. The molecule has 0 fully saturated rings. The minimum absolute atomic E-state index is 0. The van der Waals surface area contributed by atoms with Crippen LogP contribution >= 0.6 is 12.4 Å². The van der Waals surface area contributed by atoms with E-state index in [1.54, 1.807) is 0 Å². The first-order valence-corrected chi connectivity index (χ1v) is 9.09. The molecule has 0 aromatic carbocycles. The van der Waals surface area contributed by atoms with Crippen molar-refractivity contribution in [2.75, 3.05) is 0 Å². The number of unbranched alkanes of at least 4 members (excludes halogenated alkanes) is 13. The summed E-state index contributed by atoms with van der Waals surface area (Å²) in [6.45, 7) is 2.26. The molecule has 5 heteroatoms. The van der Waals surface area contributed by atoms with Gasteiger partial charge in [0.15, 0.2) is 6.10 Å². The average molecular weight is 389 g/mol. The number of rotatable bonds is 16. The van der Waals surface area contributed by atoms with Gasteiger partial charge in [0, 0.05) is 17.4 Å². The Kier molecular flexibility index (Phi) is 27.2. The van der Waals surface area contributed by atoms with E-state index in [1.165, 1.54) is 77.0 Å². The van der Waals surface area contributed by atoms with Crippen molar-refractivity contribution in [3.63, 3.8) is 0 Å². The van der Waals surface area contributed by atoms with Crippen LogP contribution in [-0.4, -0.2) is 22.3 Å². The molecule has 3 nitrogen and oxygen atoms in total. The number of carboxylic acid groups (broad SMARTS) is 1. The molecule has 0 aromatic rings. The monoisotopic (exact) mass is 388 g/mol. The Hall–Kier alpha value is 0.252. The molecule has 0 aliphatic carbocycles. The van der Waals surface area contributed by atoms with E-state index in [0.717, 1.165) is 12.8 Å². The number of hydrogen-bond donors (Lipinski definition) is 2. The standard InChI is InChI=1S/C18H36O3.ClH.Cr/c1-2-3-4-5-6-7-8-9-10-11-12-13-14-15-16-17(19)18(20)21;;/h17,19H,2-16H2,1H3,(H,20,21);1H;. The van der Waals surface area contributed by atoms with Gasteiger partial charge in [0.2, 0.25) is 0 Å². The van der Waals surface area contributed by atoms with E-state index in [0.29, 0.717) is 6.42 Å². The van der Waals surface area contributed by atoms with Gasteiger partial charge in [0.25, 0.3) is 0 Å². The molecule has 0 rings (SSSR count). The minimum Gasteiger partial charge on any atom is -0.479 e. The summed E-state index contributed by atoms with van der Waals surface area (Å²) in [4.78, 5) is 10.4. The Labute approximate surface area is 160 Å². The third kappa shape index (κ3) is 22.3. The Morgan fingerprint density at radius 2 is 1.04 bits per heavy atom. The maximum atomic E-state index is 10.4. The first-order chi connectivity index (χ1) is 10.2. The van der Waals surface area contributed by atoms with Crippen molar-refractivity contribution in [1.82, 2.24) is 0 Å². The van der Waals surface area contributed by atoms with Gasteiger partial charge in [-0.2, -0.15) is 0 Å². The molecule has 0 aliphatic heterocycles. The van der Waals surface area contributed by atoms with Gasteiger partial charge >= 0.3 is 5.97 Å². The summed E-state index contributed by atoms with van der Waals surface area (Å²) in [7, 11) is 0. The molecule has 140 valence electrons. The van der Waals surface area contributed by atoms with E-state index in [4.69, 9.17) is 10.2 Å². The van der Waals surface area contributed by atoms with E-state index in [2.05, 4.69) is 6.92 Å². The zero-order valence-electron chi connectivity index (χ0n) is 14.8. The van der Waals surface area contributed by atoms with Gasteiger partial charge in [-0.3, -0.25) is 0 Å². The van der Waals surface area contributed by atoms with Crippen LogP contribution in [0.2, 0.25) is 0 Å². The summed E-state index contributed by atoms with van der Waals surface area (Å²) in [5.74, 6) is -1.09. The van der Waals surface area contributed by atoms with Gasteiger partial charge in [-0.15, -0.1) is 12.4 Å². The summed E-state index contributed by atoms with van der Waals surface area (Å²) in [6.07, 6.45) is 17.3. The molecule has 0 aliphatic rings. The van der Waals surface area contributed by atoms with Gasteiger partial charge in [-0.1, -0.05) is 96.8 Å². The molecule has 0 heterocycles. The molecule has 0 aromatic heterocycles. The molecular weight excluding hydrogens is 352 g/mol. The molecule has 0 spiro atoms. The second kappa shape index (κ2) is 22.3. The van der Waals surface area contributed by atoms with E-state index < -0.39 is 12.1 Å². The Balaban J connectivity index is -0.00000200. The van der Waals surface area contributed by atoms with E-state index in [-0.39, 0.29) is 29.8 Å². The summed E-state index contributed by atoms with van der Waals surface area (Å²) in [5.41, 5.74) is 0. The number of carbonyl (C=O) groups is 1. The summed E-state index contributed by atoms with van der Waals surface area (Å²) in [6, 6.07) is 0. The van der Waals surface area contributed by atoms with Crippen molar-refractivity contribution in [2.24, 2.45) is 0 Å². The van der Waals surface area contributed by atoms with Crippen LogP contribution in [0.15, 0.2) is 0 Å². The minimum atomic E-state index is -1.16. The molecule has 0 bridgehead atoms. The number of hydrogen-bond acceptors (Lipinski definition) is 2. The van der Waals surface area contributed by atoms with Crippen LogP contribution in [-0.2, 0) is 22.2 Å². The van der Waals surface area contributed by atoms with Crippen LogP contribution < -0.4 is 0 Å². The summed E-state index contributed by atoms with van der Waals surface area (Å²) >= 11 is 0. The number of aliphatic hydroxyl groups is 1. The van der Waals surface area contributed by atoms with Crippen LogP contribution in [0.5, 0.6) is 0 Å². The Morgan fingerprint density at radius 1 is 0.739 bits per heavy atom. The third-order valence-corrected chi connectivity index (χ3v) is 4.12. The van der Waals surface area contributed by atoms with Crippen molar-refractivity contribution < 1.29 is 32.4 Å². The van der Waals surface area contributed by atoms with Crippen molar-refractivity contribution in [1.29, 1.82) is 0 Å². The molecule has 0 saturated carbocycles. The molecule has 0 radical (unpaired) electrons. The Bertz CT molecular complexity index is 240. The number of aliphatic hydroxyl groups excluding tert-OH is 1. The van der Waals surface area contributed by atoms with E-state index in [9.17, 15) is 4.79 Å². The van der Waals surface area contributed by atoms with Crippen molar-refractivity contribution in [3.05, 3.63) is 0 Å². The maximum absolute atomic E-state index is 10.4.